The zero-order valence-corrected chi connectivity index (χ0v) is 12.8. The molecule has 0 saturated heterocycles. The smallest absolute Gasteiger partial charge is 0.197 e. The number of benzene rings is 2. The van der Waals surface area contributed by atoms with E-state index in [9.17, 15) is 4.79 Å². The number of methoxy groups -OCH3 is 2. The minimum Gasteiger partial charge on any atom is -0.496 e. The van der Waals surface area contributed by atoms with E-state index in [1.807, 2.05) is 0 Å². The van der Waals surface area contributed by atoms with E-state index in [0.717, 1.165) is 0 Å². The van der Waals surface area contributed by atoms with Crippen molar-refractivity contribution in [3.8, 4) is 22.8 Å². The first-order valence-electron chi connectivity index (χ1n) is 6.88. The normalized spacial score (nSPS) is 10.7. The predicted molar refractivity (Wildman–Crippen MR) is 89.8 cm³/mol. The van der Waals surface area contributed by atoms with E-state index in [1.165, 1.54) is 20.3 Å². The molecule has 0 bridgehead atoms. The maximum Gasteiger partial charge on any atom is 0.197 e. The van der Waals surface area contributed by atoms with Crippen LogP contribution in [0.15, 0.2) is 45.6 Å². The van der Waals surface area contributed by atoms with Gasteiger partial charge in [-0.2, -0.15) is 0 Å². The molecule has 0 unspecified atom stereocenters. The molecule has 0 atom stereocenters. The van der Waals surface area contributed by atoms with Crippen LogP contribution >= 0.6 is 0 Å². The van der Waals surface area contributed by atoms with Crippen molar-refractivity contribution < 1.29 is 13.9 Å². The molecular formula is C17H16N2O4. The summed E-state index contributed by atoms with van der Waals surface area (Å²) < 4.78 is 16.3. The minimum absolute atomic E-state index is 0.212. The van der Waals surface area contributed by atoms with Crippen LogP contribution in [0, 0.1) is 0 Å². The summed E-state index contributed by atoms with van der Waals surface area (Å²) in [4.78, 5) is 12.5. The van der Waals surface area contributed by atoms with Gasteiger partial charge in [0.2, 0.25) is 0 Å². The molecule has 0 saturated carbocycles. The monoisotopic (exact) mass is 312 g/mol. The van der Waals surface area contributed by atoms with Gasteiger partial charge in [-0.15, -0.1) is 0 Å². The summed E-state index contributed by atoms with van der Waals surface area (Å²) in [6.45, 7) is 0. The fourth-order valence-electron chi connectivity index (χ4n) is 2.38. The molecule has 6 nitrogen and oxygen atoms in total. The minimum atomic E-state index is -0.212. The highest BCUT2D eigenvalue weighted by Gasteiger charge is 2.14. The average molecular weight is 312 g/mol. The average Bonchev–Trinajstić information content (AvgIpc) is 2.55. The molecule has 0 radical (unpaired) electrons. The van der Waals surface area contributed by atoms with Gasteiger partial charge in [0.05, 0.1) is 25.6 Å². The molecule has 1 heterocycles. The van der Waals surface area contributed by atoms with Crippen LogP contribution in [0.5, 0.6) is 11.5 Å². The first kappa shape index (κ1) is 14.8. The van der Waals surface area contributed by atoms with Crippen molar-refractivity contribution in [1.82, 2.24) is 0 Å². The Hall–Kier alpha value is -3.15. The van der Waals surface area contributed by atoms with Gasteiger partial charge in [0, 0.05) is 23.8 Å². The largest absolute Gasteiger partial charge is 0.496 e. The number of fused-ring (bicyclic) bond motifs is 1. The summed E-state index contributed by atoms with van der Waals surface area (Å²) in [5.41, 5.74) is 13.3. The van der Waals surface area contributed by atoms with Gasteiger partial charge < -0.3 is 25.4 Å². The molecule has 23 heavy (non-hydrogen) atoms. The van der Waals surface area contributed by atoms with Crippen molar-refractivity contribution in [2.45, 2.75) is 0 Å². The molecule has 2 aromatic carbocycles. The van der Waals surface area contributed by atoms with Crippen molar-refractivity contribution in [3.63, 3.8) is 0 Å². The molecule has 0 aliphatic carbocycles. The fraction of sp³-hybridized carbons (Fsp3) is 0.118. The lowest BCUT2D eigenvalue weighted by Gasteiger charge is -2.09. The van der Waals surface area contributed by atoms with E-state index >= 15 is 0 Å². The van der Waals surface area contributed by atoms with Crippen molar-refractivity contribution in [3.05, 3.63) is 46.6 Å². The van der Waals surface area contributed by atoms with Crippen molar-refractivity contribution in [2.24, 2.45) is 0 Å². The molecule has 6 heteroatoms. The highest BCUT2D eigenvalue weighted by atomic mass is 16.5. The number of hydrogen-bond acceptors (Lipinski definition) is 6. The summed E-state index contributed by atoms with van der Waals surface area (Å²) in [6.07, 6.45) is 0. The highest BCUT2D eigenvalue weighted by Crippen LogP contribution is 2.32. The molecule has 3 rings (SSSR count). The van der Waals surface area contributed by atoms with Crippen LogP contribution in [0.2, 0.25) is 0 Å². The van der Waals surface area contributed by atoms with E-state index in [4.69, 9.17) is 25.4 Å². The Morgan fingerprint density at radius 2 is 1.74 bits per heavy atom. The Bertz CT molecular complexity index is 947. The number of nitrogen functional groups attached to an aromatic ring is 2. The number of nitrogens with two attached hydrogens (primary N) is 2. The van der Waals surface area contributed by atoms with E-state index in [2.05, 4.69) is 0 Å². The van der Waals surface area contributed by atoms with E-state index in [-0.39, 0.29) is 5.43 Å². The first-order valence-corrected chi connectivity index (χ1v) is 6.88. The molecule has 0 fully saturated rings. The second kappa shape index (κ2) is 5.57. The topological polar surface area (TPSA) is 101 Å². The van der Waals surface area contributed by atoms with Gasteiger partial charge in [0.15, 0.2) is 5.43 Å². The van der Waals surface area contributed by atoms with Gasteiger partial charge in [0.25, 0.3) is 0 Å². The van der Waals surface area contributed by atoms with Crippen LogP contribution in [-0.4, -0.2) is 14.2 Å². The van der Waals surface area contributed by atoms with Crippen molar-refractivity contribution in [1.29, 1.82) is 0 Å². The second-order valence-corrected chi connectivity index (χ2v) is 5.02. The van der Waals surface area contributed by atoms with Gasteiger partial charge >= 0.3 is 0 Å². The quantitative estimate of drug-likeness (QED) is 0.721. The van der Waals surface area contributed by atoms with Gasteiger partial charge in [-0.1, -0.05) is 0 Å². The Morgan fingerprint density at radius 1 is 0.957 bits per heavy atom. The van der Waals surface area contributed by atoms with Gasteiger partial charge in [-0.25, -0.2) is 0 Å². The van der Waals surface area contributed by atoms with Crippen LogP contribution in [0.25, 0.3) is 22.3 Å². The highest BCUT2D eigenvalue weighted by molar-refractivity contribution is 5.86. The SMILES string of the molecule is COc1cc(OC)c2c(=O)cc(-c3ccc(N)c(N)c3)oc2c1. The van der Waals surface area contributed by atoms with Crippen molar-refractivity contribution in [2.75, 3.05) is 25.7 Å². The number of ether oxygens (including phenoxy) is 2. The van der Waals surface area contributed by atoms with Crippen LogP contribution in [-0.2, 0) is 0 Å². The second-order valence-electron chi connectivity index (χ2n) is 5.02. The molecular weight excluding hydrogens is 296 g/mol. The van der Waals surface area contributed by atoms with E-state index in [1.54, 1.807) is 30.3 Å². The maximum absolute atomic E-state index is 12.5. The van der Waals surface area contributed by atoms with E-state index < -0.39 is 0 Å². The maximum atomic E-state index is 12.5. The molecule has 1 aromatic heterocycles. The summed E-state index contributed by atoms with van der Waals surface area (Å²) in [5, 5.41) is 0.362. The number of anilines is 2. The third kappa shape index (κ3) is 2.55. The summed E-state index contributed by atoms with van der Waals surface area (Å²) in [6, 6.07) is 9.76. The molecule has 4 N–H and O–H groups in total. The first-order chi connectivity index (χ1) is 11.0. The molecule has 0 spiro atoms. The molecule has 118 valence electrons. The Morgan fingerprint density at radius 3 is 2.39 bits per heavy atom. The predicted octanol–water partition coefficient (Wildman–Crippen LogP) is 2.64. The fourth-order valence-corrected chi connectivity index (χ4v) is 2.38. The molecule has 0 aliphatic rings. The Kier molecular flexibility index (Phi) is 3.57. The van der Waals surface area contributed by atoms with Gasteiger partial charge in [-0.3, -0.25) is 4.79 Å². The van der Waals surface area contributed by atoms with Crippen LogP contribution < -0.4 is 26.4 Å². The van der Waals surface area contributed by atoms with E-state index in [0.29, 0.717) is 45.2 Å². The summed E-state index contributed by atoms with van der Waals surface area (Å²) >= 11 is 0. The van der Waals surface area contributed by atoms with Gasteiger partial charge in [0.1, 0.15) is 28.2 Å². The lowest BCUT2D eigenvalue weighted by molar-refractivity contribution is 0.396. The molecule has 0 aliphatic heterocycles. The zero-order chi connectivity index (χ0) is 16.6. The van der Waals surface area contributed by atoms with Crippen molar-refractivity contribution >= 4 is 22.3 Å². The van der Waals surface area contributed by atoms with Crippen LogP contribution in [0.4, 0.5) is 11.4 Å². The third-order valence-electron chi connectivity index (χ3n) is 3.59. The molecule has 0 amide bonds. The Balaban J connectivity index is 2.28. The zero-order valence-electron chi connectivity index (χ0n) is 12.8. The number of hydrogen-bond donors (Lipinski definition) is 2. The summed E-state index contributed by atoms with van der Waals surface area (Å²) in [7, 11) is 3.02. The van der Waals surface area contributed by atoms with Crippen LogP contribution in [0.1, 0.15) is 0 Å². The Labute approximate surface area is 132 Å². The lowest BCUT2D eigenvalue weighted by atomic mass is 10.1. The summed E-state index contributed by atoms with van der Waals surface area (Å²) in [5.74, 6) is 1.33. The number of rotatable bonds is 3. The molecule has 3 aromatic rings. The lowest BCUT2D eigenvalue weighted by Crippen LogP contribution is -2.03. The third-order valence-corrected chi connectivity index (χ3v) is 3.59. The van der Waals surface area contributed by atoms with Gasteiger partial charge in [-0.05, 0) is 18.2 Å². The van der Waals surface area contributed by atoms with Crippen LogP contribution in [0.3, 0.4) is 0 Å². The standard InChI is InChI=1S/C17H16N2O4/c1-21-10-6-15(22-2)17-13(20)8-14(23-16(17)7-10)9-3-4-11(18)12(19)5-9/h3-8H,18-19H2,1-2H3.